The van der Waals surface area contributed by atoms with Gasteiger partial charge in [0.05, 0.1) is 19.3 Å². The van der Waals surface area contributed by atoms with Crippen LogP contribution in [0.4, 0.5) is 4.79 Å². The molecule has 0 aliphatic rings. The molecule has 0 aromatic heterocycles. The second kappa shape index (κ2) is 19.3. The van der Waals surface area contributed by atoms with Crippen molar-refractivity contribution in [3.05, 3.63) is 71.8 Å². The highest BCUT2D eigenvalue weighted by Gasteiger charge is 2.33. The van der Waals surface area contributed by atoms with Crippen molar-refractivity contribution in [3.63, 3.8) is 0 Å². The average Bonchev–Trinajstić information content (AvgIpc) is 3.04. The predicted molar refractivity (Wildman–Crippen MR) is 177 cm³/mol. The Morgan fingerprint density at radius 2 is 1.21 bits per heavy atom. The molecule has 47 heavy (non-hydrogen) atoms. The van der Waals surface area contributed by atoms with Crippen molar-refractivity contribution in [2.24, 2.45) is 17.8 Å². The number of esters is 1. The lowest BCUT2D eigenvalue weighted by atomic mass is 9.92. The lowest BCUT2D eigenvalue weighted by Gasteiger charge is -2.29. The maximum atomic E-state index is 13.3. The highest BCUT2D eigenvalue weighted by Crippen LogP contribution is 2.16. The Hall–Kier alpha value is -4.45. The van der Waals surface area contributed by atoms with Crippen LogP contribution in [0.5, 0.6) is 0 Å². The number of hydrogen-bond acceptors (Lipinski definition) is 8. The molecule has 4 amide bonds. The molecule has 0 aliphatic carbocycles. The van der Waals surface area contributed by atoms with Crippen molar-refractivity contribution >= 4 is 29.8 Å². The maximum Gasteiger partial charge on any atom is 0.408 e. The summed E-state index contributed by atoms with van der Waals surface area (Å²) >= 11 is 0. The molecule has 0 saturated carbocycles. The zero-order chi connectivity index (χ0) is 35.1. The van der Waals surface area contributed by atoms with E-state index >= 15 is 0 Å². The number of benzene rings is 2. The number of nitrogens with one attached hydrogen (secondary N) is 4. The number of aliphatic hydroxyl groups is 1. The molecule has 0 saturated heterocycles. The molecule has 12 nitrogen and oxygen atoms in total. The monoisotopic (exact) mass is 654 g/mol. The summed E-state index contributed by atoms with van der Waals surface area (Å²) in [5, 5.41) is 22.0. The van der Waals surface area contributed by atoms with Gasteiger partial charge in [-0.2, -0.15) is 0 Å². The Morgan fingerprint density at radius 3 is 1.74 bits per heavy atom. The molecule has 6 atom stereocenters. The number of aliphatic hydroxyl groups excluding tert-OH is 1. The van der Waals surface area contributed by atoms with E-state index in [1.807, 2.05) is 60.7 Å². The van der Waals surface area contributed by atoms with Crippen LogP contribution in [0.2, 0.25) is 0 Å². The second-order valence-corrected chi connectivity index (χ2v) is 12.4. The molecule has 0 aliphatic heterocycles. The molecule has 2 aromatic rings. The van der Waals surface area contributed by atoms with Gasteiger partial charge in [-0.15, -0.1) is 0 Å². The minimum Gasteiger partial charge on any atom is -0.467 e. The molecule has 258 valence electrons. The van der Waals surface area contributed by atoms with Gasteiger partial charge in [0.25, 0.3) is 0 Å². The van der Waals surface area contributed by atoms with Gasteiger partial charge >= 0.3 is 12.1 Å². The number of rotatable bonds is 17. The van der Waals surface area contributed by atoms with E-state index in [9.17, 15) is 29.1 Å². The number of hydrogen-bond donors (Lipinski definition) is 5. The lowest BCUT2D eigenvalue weighted by Crippen LogP contribution is -2.56. The van der Waals surface area contributed by atoms with E-state index in [4.69, 9.17) is 9.47 Å². The first-order valence-electron chi connectivity index (χ1n) is 15.9. The van der Waals surface area contributed by atoms with Gasteiger partial charge in [0.2, 0.25) is 17.7 Å². The summed E-state index contributed by atoms with van der Waals surface area (Å²) in [6, 6.07) is 14.8. The summed E-state index contributed by atoms with van der Waals surface area (Å²) in [4.78, 5) is 64.0. The van der Waals surface area contributed by atoms with E-state index in [1.165, 1.54) is 14.0 Å². The first kappa shape index (κ1) is 38.7. The minimum atomic E-state index is -1.16. The highest BCUT2D eigenvalue weighted by molar-refractivity contribution is 5.91. The van der Waals surface area contributed by atoms with Crippen LogP contribution in [-0.4, -0.2) is 72.3 Å². The normalized spacial score (nSPS) is 14.9. The van der Waals surface area contributed by atoms with Gasteiger partial charge in [-0.25, -0.2) is 9.59 Å². The SMILES string of the molecule is COC(=O)C(NC(=O)[C@H](NC(=O)C(C)C[C@H](O)[C@H](Cc1ccccc1)NC(=O)[C@H](C)NC(=O)OCc1ccccc1)C(C)C)C(C)C. The molecule has 2 rings (SSSR count). The molecule has 2 unspecified atom stereocenters. The molecule has 12 heteroatoms. The average molecular weight is 655 g/mol. The summed E-state index contributed by atoms with van der Waals surface area (Å²) in [5.74, 6) is -3.42. The van der Waals surface area contributed by atoms with Gasteiger partial charge in [-0.3, -0.25) is 14.4 Å². The Balaban J connectivity index is 2.07. The van der Waals surface area contributed by atoms with Crippen LogP contribution in [0.25, 0.3) is 0 Å². The van der Waals surface area contributed by atoms with Crippen LogP contribution < -0.4 is 21.3 Å². The second-order valence-electron chi connectivity index (χ2n) is 12.4. The van der Waals surface area contributed by atoms with E-state index in [1.54, 1.807) is 34.6 Å². The van der Waals surface area contributed by atoms with E-state index in [0.717, 1.165) is 11.1 Å². The molecule has 5 N–H and O–H groups in total. The van der Waals surface area contributed by atoms with Gasteiger partial charge in [-0.05, 0) is 42.7 Å². The van der Waals surface area contributed by atoms with Crippen molar-refractivity contribution in [3.8, 4) is 0 Å². The van der Waals surface area contributed by atoms with Crippen LogP contribution in [0.3, 0.4) is 0 Å². The standard InChI is InChI=1S/C35H50N4O8/c1-21(2)29(33(43)39-30(22(3)4)34(44)46-7)38-31(41)23(5)18-28(40)27(19-25-14-10-8-11-15-25)37-32(42)24(6)36-35(45)47-20-26-16-12-9-13-17-26/h8-17,21-24,27-30,40H,18-20H2,1-7H3,(H,36,45)(H,37,42)(H,38,41)(H,39,43)/t23?,24-,27-,28-,29+,30?/m0/s1. The summed E-state index contributed by atoms with van der Waals surface area (Å²) in [5.41, 5.74) is 1.64. The smallest absolute Gasteiger partial charge is 0.408 e. The Morgan fingerprint density at radius 1 is 0.681 bits per heavy atom. The van der Waals surface area contributed by atoms with Crippen molar-refractivity contribution in [2.75, 3.05) is 7.11 Å². The quantitative estimate of drug-likeness (QED) is 0.162. The molecule has 2 aromatic carbocycles. The fraction of sp³-hybridized carbons (Fsp3) is 0.514. The molecule has 0 spiro atoms. The lowest BCUT2D eigenvalue weighted by molar-refractivity contribution is -0.147. The first-order valence-corrected chi connectivity index (χ1v) is 15.9. The van der Waals surface area contributed by atoms with Crippen molar-refractivity contribution in [1.29, 1.82) is 0 Å². The molecule has 0 radical (unpaired) electrons. The van der Waals surface area contributed by atoms with Gasteiger partial charge < -0.3 is 35.8 Å². The predicted octanol–water partition coefficient (Wildman–Crippen LogP) is 2.87. The van der Waals surface area contributed by atoms with E-state index in [0.29, 0.717) is 0 Å². The number of carbonyl (C=O) groups excluding carboxylic acids is 5. The number of ether oxygens (including phenoxy) is 2. The number of amides is 4. The highest BCUT2D eigenvalue weighted by atomic mass is 16.5. The van der Waals surface area contributed by atoms with Gasteiger partial charge in [0, 0.05) is 5.92 Å². The summed E-state index contributed by atoms with van der Waals surface area (Å²) in [6.45, 7) is 10.2. The molecular weight excluding hydrogens is 604 g/mol. The minimum absolute atomic E-state index is 0.0340. The van der Waals surface area contributed by atoms with Crippen LogP contribution in [0.1, 0.15) is 59.1 Å². The summed E-state index contributed by atoms with van der Waals surface area (Å²) in [6.07, 6.45) is -1.70. The Labute approximate surface area is 277 Å². The van der Waals surface area contributed by atoms with Crippen LogP contribution >= 0.6 is 0 Å². The van der Waals surface area contributed by atoms with Crippen LogP contribution in [-0.2, 0) is 41.7 Å². The number of carbonyl (C=O) groups is 5. The zero-order valence-corrected chi connectivity index (χ0v) is 28.3. The van der Waals surface area contributed by atoms with Crippen LogP contribution in [0.15, 0.2) is 60.7 Å². The van der Waals surface area contributed by atoms with Gasteiger partial charge in [-0.1, -0.05) is 95.3 Å². The Bertz CT molecular complexity index is 1310. The van der Waals surface area contributed by atoms with Gasteiger partial charge in [0.1, 0.15) is 24.7 Å². The summed E-state index contributed by atoms with van der Waals surface area (Å²) in [7, 11) is 1.24. The third-order valence-corrected chi connectivity index (χ3v) is 7.74. The topological polar surface area (TPSA) is 172 Å². The van der Waals surface area contributed by atoms with Crippen LogP contribution in [0, 0.1) is 17.8 Å². The first-order chi connectivity index (χ1) is 22.2. The van der Waals surface area contributed by atoms with Gasteiger partial charge in [0.15, 0.2) is 0 Å². The largest absolute Gasteiger partial charge is 0.467 e. The zero-order valence-electron chi connectivity index (χ0n) is 28.3. The van der Waals surface area contributed by atoms with E-state index < -0.39 is 66.0 Å². The van der Waals surface area contributed by atoms with E-state index in [-0.39, 0.29) is 31.3 Å². The molecule has 0 bridgehead atoms. The van der Waals surface area contributed by atoms with Crippen molar-refractivity contribution in [2.45, 2.75) is 91.3 Å². The van der Waals surface area contributed by atoms with E-state index in [2.05, 4.69) is 21.3 Å². The third-order valence-electron chi connectivity index (χ3n) is 7.74. The summed E-state index contributed by atoms with van der Waals surface area (Å²) < 4.78 is 10.0. The molecular formula is C35H50N4O8. The molecule has 0 fully saturated rings. The molecule has 0 heterocycles. The maximum absolute atomic E-state index is 13.3. The van der Waals surface area contributed by atoms with Crippen molar-refractivity contribution < 1.29 is 38.6 Å². The fourth-order valence-corrected chi connectivity index (χ4v) is 4.80. The third kappa shape index (κ3) is 13.1. The fourth-order valence-electron chi connectivity index (χ4n) is 4.80. The Kier molecular flexibility index (Phi) is 15.9. The van der Waals surface area contributed by atoms with Crippen molar-refractivity contribution in [1.82, 2.24) is 21.3 Å². The number of methoxy groups -OCH3 is 1. The number of alkyl carbamates (subject to hydrolysis) is 1.